The molecular weight excluding hydrogens is 877 g/mol. The minimum atomic E-state index is -0.806. The number of rotatable bonds is 51. The average Bonchev–Trinajstić information content (AvgIpc) is 3.37. The van der Waals surface area contributed by atoms with Crippen LogP contribution in [0.5, 0.6) is 0 Å². The molecule has 0 aliphatic rings. The molecule has 0 saturated heterocycles. The Kier molecular flexibility index (Phi) is 54.9. The van der Waals surface area contributed by atoms with Gasteiger partial charge < -0.3 is 14.2 Å². The van der Waals surface area contributed by atoms with E-state index in [4.69, 9.17) is 14.2 Å². The van der Waals surface area contributed by atoms with Gasteiger partial charge in [0.05, 0.1) is 0 Å². The van der Waals surface area contributed by atoms with Crippen LogP contribution in [0.3, 0.4) is 0 Å². The van der Waals surface area contributed by atoms with Gasteiger partial charge >= 0.3 is 17.9 Å². The Labute approximate surface area is 437 Å². The molecule has 0 aliphatic carbocycles. The van der Waals surface area contributed by atoms with Crippen LogP contribution in [0.2, 0.25) is 0 Å². The van der Waals surface area contributed by atoms with Gasteiger partial charge in [0.15, 0.2) is 6.10 Å². The van der Waals surface area contributed by atoms with Crippen LogP contribution in [0.15, 0.2) is 122 Å². The molecule has 6 nitrogen and oxygen atoms in total. The van der Waals surface area contributed by atoms with E-state index >= 15 is 0 Å². The fraction of sp³-hybridized carbons (Fsp3) is 0.646. The highest BCUT2D eigenvalue weighted by Gasteiger charge is 2.19. The van der Waals surface area contributed by atoms with Crippen molar-refractivity contribution in [3.63, 3.8) is 0 Å². The van der Waals surface area contributed by atoms with Gasteiger partial charge in [0.2, 0.25) is 0 Å². The van der Waals surface area contributed by atoms with Gasteiger partial charge in [-0.05, 0) is 135 Å². The van der Waals surface area contributed by atoms with Gasteiger partial charge in [0.25, 0.3) is 0 Å². The molecule has 0 amide bonds. The van der Waals surface area contributed by atoms with Crippen molar-refractivity contribution < 1.29 is 28.6 Å². The second kappa shape index (κ2) is 58.4. The Bertz CT molecular complexity index is 1500. The number of carbonyl (C=O) groups excluding carboxylic acids is 3. The number of unbranched alkanes of at least 4 members (excludes halogenated alkanes) is 20. The molecule has 0 N–H and O–H groups in total. The Balaban J connectivity index is 4.45. The van der Waals surface area contributed by atoms with E-state index in [1.54, 1.807) is 0 Å². The third-order valence-electron chi connectivity index (χ3n) is 11.9. The van der Waals surface area contributed by atoms with Crippen LogP contribution in [-0.2, 0) is 28.6 Å². The van der Waals surface area contributed by atoms with E-state index in [1.807, 2.05) is 0 Å². The van der Waals surface area contributed by atoms with Gasteiger partial charge in [0, 0.05) is 19.3 Å². The molecule has 0 radical (unpaired) electrons. The number of hydrogen-bond donors (Lipinski definition) is 0. The van der Waals surface area contributed by atoms with E-state index in [1.165, 1.54) is 64.2 Å². The minimum Gasteiger partial charge on any atom is -0.462 e. The number of ether oxygens (including phenoxy) is 3. The van der Waals surface area contributed by atoms with Crippen molar-refractivity contribution in [3.05, 3.63) is 122 Å². The minimum absolute atomic E-state index is 0.102. The van der Waals surface area contributed by atoms with Crippen molar-refractivity contribution in [3.8, 4) is 0 Å². The van der Waals surface area contributed by atoms with E-state index in [2.05, 4.69) is 142 Å². The molecular formula is C65H106O6. The van der Waals surface area contributed by atoms with Crippen LogP contribution in [-0.4, -0.2) is 37.2 Å². The molecule has 1 unspecified atom stereocenters. The number of allylic oxidation sites excluding steroid dienone is 20. The first-order chi connectivity index (χ1) is 35.0. The summed E-state index contributed by atoms with van der Waals surface area (Å²) in [5.74, 6) is -0.960. The van der Waals surface area contributed by atoms with E-state index in [0.29, 0.717) is 19.3 Å². The maximum Gasteiger partial charge on any atom is 0.306 e. The molecule has 402 valence electrons. The van der Waals surface area contributed by atoms with Crippen LogP contribution in [0.1, 0.15) is 252 Å². The first kappa shape index (κ1) is 66.8. The Morgan fingerprint density at radius 3 is 0.915 bits per heavy atom. The molecule has 0 heterocycles. The van der Waals surface area contributed by atoms with Crippen LogP contribution in [0.25, 0.3) is 0 Å². The first-order valence-electron chi connectivity index (χ1n) is 29.0. The number of carbonyl (C=O) groups is 3. The van der Waals surface area contributed by atoms with Crippen LogP contribution < -0.4 is 0 Å². The molecule has 0 aromatic heterocycles. The second-order valence-corrected chi connectivity index (χ2v) is 18.8. The highest BCUT2D eigenvalue weighted by atomic mass is 16.6. The van der Waals surface area contributed by atoms with Gasteiger partial charge in [-0.1, -0.05) is 219 Å². The summed E-state index contributed by atoms with van der Waals surface area (Å²) < 4.78 is 16.8. The van der Waals surface area contributed by atoms with Crippen molar-refractivity contribution in [1.82, 2.24) is 0 Å². The molecule has 6 heteroatoms. The Morgan fingerprint density at radius 1 is 0.296 bits per heavy atom. The zero-order chi connectivity index (χ0) is 51.4. The van der Waals surface area contributed by atoms with Crippen molar-refractivity contribution in [2.24, 2.45) is 0 Å². The molecule has 0 rings (SSSR count). The molecule has 71 heavy (non-hydrogen) atoms. The smallest absolute Gasteiger partial charge is 0.306 e. The molecule has 1 atom stereocenters. The van der Waals surface area contributed by atoms with Gasteiger partial charge in [-0.15, -0.1) is 0 Å². The Hall–Kier alpha value is -4.19. The fourth-order valence-corrected chi connectivity index (χ4v) is 7.56. The normalized spacial score (nSPS) is 13.0. The van der Waals surface area contributed by atoms with E-state index in [9.17, 15) is 14.4 Å². The second-order valence-electron chi connectivity index (χ2n) is 18.8. The third-order valence-corrected chi connectivity index (χ3v) is 11.9. The standard InChI is InChI=1S/C65H106O6/c1-4-7-10-13-16-19-22-25-27-29-30-31-32-33-34-35-36-37-39-40-43-46-49-52-55-58-64(67)70-61-62(60-69-63(66)57-54-51-48-45-42-24-21-18-15-12-9-6-3)71-65(68)59-56-53-50-47-44-41-38-28-26-23-20-17-14-11-8-5-2/h7,10,16,18-21,23,25,27-28,30-31,33-34,36-38,40,43,62H,4-6,8-9,11-15,17,22,24,26,29,32,35,39,41-42,44-61H2,1-3H3/b10-7-,19-16-,21-18-,23-20-,27-25-,31-30-,34-33-,37-36-,38-28-,43-40-. The molecule has 0 aliphatic heterocycles. The molecule has 0 bridgehead atoms. The van der Waals surface area contributed by atoms with Gasteiger partial charge in [-0.2, -0.15) is 0 Å². The summed E-state index contributed by atoms with van der Waals surface area (Å²) in [6.45, 7) is 6.43. The number of esters is 3. The van der Waals surface area contributed by atoms with E-state index in [0.717, 1.165) is 148 Å². The van der Waals surface area contributed by atoms with Gasteiger partial charge in [0.1, 0.15) is 13.2 Å². The molecule has 0 aromatic rings. The summed E-state index contributed by atoms with van der Waals surface area (Å²) in [6.07, 6.45) is 80.4. The molecule has 0 saturated carbocycles. The predicted molar refractivity (Wildman–Crippen MR) is 306 cm³/mol. The lowest BCUT2D eigenvalue weighted by atomic mass is 10.1. The highest BCUT2D eigenvalue weighted by molar-refractivity contribution is 5.71. The summed E-state index contributed by atoms with van der Waals surface area (Å²) in [7, 11) is 0. The van der Waals surface area contributed by atoms with Crippen LogP contribution >= 0.6 is 0 Å². The van der Waals surface area contributed by atoms with Crippen molar-refractivity contribution in [2.75, 3.05) is 13.2 Å². The maximum absolute atomic E-state index is 12.8. The lowest BCUT2D eigenvalue weighted by Gasteiger charge is -2.18. The fourth-order valence-electron chi connectivity index (χ4n) is 7.56. The first-order valence-corrected chi connectivity index (χ1v) is 29.0. The zero-order valence-corrected chi connectivity index (χ0v) is 45.9. The SMILES string of the molecule is CC/C=C\C/C=C\C/C=C\C/C=C\C/C=C\C/C=C\C/C=C\CCCCCC(=O)OCC(COC(=O)CCCCCCC/C=C\CCCCC)OC(=O)CCCCCCC/C=C\C/C=C\CCCCCC. The van der Waals surface area contributed by atoms with E-state index < -0.39 is 6.10 Å². The summed E-state index contributed by atoms with van der Waals surface area (Å²) >= 11 is 0. The van der Waals surface area contributed by atoms with Gasteiger partial charge in [-0.3, -0.25) is 14.4 Å². The lowest BCUT2D eigenvalue weighted by molar-refractivity contribution is -0.167. The summed E-state index contributed by atoms with van der Waals surface area (Å²) in [5.41, 5.74) is 0. The zero-order valence-electron chi connectivity index (χ0n) is 45.9. The number of hydrogen-bond acceptors (Lipinski definition) is 6. The quantitative estimate of drug-likeness (QED) is 0.0261. The summed E-state index contributed by atoms with van der Waals surface area (Å²) in [4.78, 5) is 38.1. The van der Waals surface area contributed by atoms with Crippen molar-refractivity contribution in [1.29, 1.82) is 0 Å². The average molecular weight is 984 g/mol. The molecule has 0 fully saturated rings. The maximum atomic E-state index is 12.8. The van der Waals surface area contributed by atoms with Gasteiger partial charge in [-0.25, -0.2) is 0 Å². The van der Waals surface area contributed by atoms with Crippen LogP contribution in [0.4, 0.5) is 0 Å². The van der Waals surface area contributed by atoms with Crippen molar-refractivity contribution in [2.45, 2.75) is 258 Å². The Morgan fingerprint density at radius 2 is 0.549 bits per heavy atom. The highest BCUT2D eigenvalue weighted by Crippen LogP contribution is 2.13. The van der Waals surface area contributed by atoms with Crippen LogP contribution in [0, 0.1) is 0 Å². The van der Waals surface area contributed by atoms with Crippen molar-refractivity contribution >= 4 is 17.9 Å². The predicted octanol–water partition coefficient (Wildman–Crippen LogP) is 19.6. The summed E-state index contributed by atoms with van der Waals surface area (Å²) in [5, 5.41) is 0. The largest absolute Gasteiger partial charge is 0.462 e. The molecule has 0 spiro atoms. The summed E-state index contributed by atoms with van der Waals surface area (Å²) in [6, 6.07) is 0. The third kappa shape index (κ3) is 56.6. The lowest BCUT2D eigenvalue weighted by Crippen LogP contribution is -2.30. The van der Waals surface area contributed by atoms with E-state index in [-0.39, 0.29) is 31.1 Å². The monoisotopic (exact) mass is 983 g/mol. The topological polar surface area (TPSA) is 78.9 Å². The molecule has 0 aromatic carbocycles.